The fourth-order valence-corrected chi connectivity index (χ4v) is 2.49. The summed E-state index contributed by atoms with van der Waals surface area (Å²) >= 11 is 0. The first-order valence-electron chi connectivity index (χ1n) is 6.21. The van der Waals surface area contributed by atoms with Gasteiger partial charge in [-0.3, -0.25) is 9.59 Å². The number of rotatable bonds is 4. The summed E-state index contributed by atoms with van der Waals surface area (Å²) in [5.41, 5.74) is 4.91. The van der Waals surface area contributed by atoms with Gasteiger partial charge in [-0.05, 0) is 26.2 Å². The molecule has 3 N–H and O–H groups in total. The maximum Gasteiger partial charge on any atom is 0.309 e. The van der Waals surface area contributed by atoms with Crippen molar-refractivity contribution in [2.45, 2.75) is 45.6 Å². The molecule has 1 aliphatic rings. The number of carbonyl (C=O) groups is 2. The molecular formula is C12H22N2O3. The number of amides is 1. The Hall–Kier alpha value is -1.10. The van der Waals surface area contributed by atoms with Gasteiger partial charge in [0.2, 0.25) is 5.91 Å². The Kier molecular flexibility index (Phi) is 4.51. The van der Waals surface area contributed by atoms with Crippen LogP contribution in [0.1, 0.15) is 39.5 Å². The third-order valence-electron chi connectivity index (χ3n) is 3.60. The minimum absolute atomic E-state index is 0.0829. The fraction of sp³-hybridized carbons (Fsp3) is 0.833. The molecule has 0 bridgehead atoms. The van der Waals surface area contributed by atoms with Crippen LogP contribution in [0.3, 0.4) is 0 Å². The summed E-state index contributed by atoms with van der Waals surface area (Å²) < 4.78 is 0. The molecule has 1 unspecified atom stereocenters. The van der Waals surface area contributed by atoms with Gasteiger partial charge in [-0.15, -0.1) is 0 Å². The normalized spacial score (nSPS) is 21.0. The topological polar surface area (TPSA) is 83.6 Å². The highest BCUT2D eigenvalue weighted by molar-refractivity contribution is 5.82. The average molecular weight is 242 g/mol. The van der Waals surface area contributed by atoms with Crippen LogP contribution >= 0.6 is 0 Å². The molecule has 1 saturated heterocycles. The molecule has 1 rings (SSSR count). The van der Waals surface area contributed by atoms with Gasteiger partial charge in [-0.2, -0.15) is 0 Å². The molecule has 17 heavy (non-hydrogen) atoms. The molecule has 98 valence electrons. The molecule has 0 aromatic rings. The van der Waals surface area contributed by atoms with Crippen LogP contribution in [0.4, 0.5) is 0 Å². The molecule has 1 heterocycles. The van der Waals surface area contributed by atoms with E-state index in [1.165, 1.54) is 0 Å². The Morgan fingerprint density at radius 1 is 1.41 bits per heavy atom. The van der Waals surface area contributed by atoms with Crippen LogP contribution in [0.5, 0.6) is 0 Å². The second-order valence-corrected chi connectivity index (χ2v) is 4.95. The van der Waals surface area contributed by atoms with E-state index in [4.69, 9.17) is 5.73 Å². The molecule has 1 atom stereocenters. The zero-order valence-corrected chi connectivity index (χ0v) is 10.6. The van der Waals surface area contributed by atoms with Crippen molar-refractivity contribution in [1.82, 2.24) is 4.90 Å². The van der Waals surface area contributed by atoms with Crippen LogP contribution in [-0.2, 0) is 9.59 Å². The number of carboxylic acid groups (broad SMARTS) is 1. The monoisotopic (exact) mass is 242 g/mol. The SMILES string of the molecule is CCCC1(C(=O)O)CCN(C(=O)C(C)N)CC1. The van der Waals surface area contributed by atoms with Crippen LogP contribution in [-0.4, -0.2) is 41.0 Å². The second-order valence-electron chi connectivity index (χ2n) is 4.95. The van der Waals surface area contributed by atoms with Crippen LogP contribution in [0.2, 0.25) is 0 Å². The van der Waals surface area contributed by atoms with Gasteiger partial charge >= 0.3 is 5.97 Å². The number of piperidine rings is 1. The number of nitrogens with two attached hydrogens (primary N) is 1. The lowest BCUT2D eigenvalue weighted by molar-refractivity contribution is -0.155. The minimum Gasteiger partial charge on any atom is -0.481 e. The van der Waals surface area contributed by atoms with Gasteiger partial charge in [-0.1, -0.05) is 13.3 Å². The highest BCUT2D eigenvalue weighted by Gasteiger charge is 2.41. The Morgan fingerprint density at radius 3 is 2.29 bits per heavy atom. The van der Waals surface area contributed by atoms with Crippen molar-refractivity contribution in [3.63, 3.8) is 0 Å². The maximum absolute atomic E-state index is 11.7. The van der Waals surface area contributed by atoms with Crippen molar-refractivity contribution < 1.29 is 14.7 Å². The molecule has 0 radical (unpaired) electrons. The van der Waals surface area contributed by atoms with E-state index in [-0.39, 0.29) is 5.91 Å². The van der Waals surface area contributed by atoms with Gasteiger partial charge in [0.25, 0.3) is 0 Å². The van der Waals surface area contributed by atoms with Crippen molar-refractivity contribution in [1.29, 1.82) is 0 Å². The predicted octanol–water partition coefficient (Wildman–Crippen LogP) is 0.827. The summed E-state index contributed by atoms with van der Waals surface area (Å²) in [5, 5.41) is 9.33. The van der Waals surface area contributed by atoms with Crippen LogP contribution in [0.15, 0.2) is 0 Å². The first-order valence-corrected chi connectivity index (χ1v) is 6.21. The summed E-state index contributed by atoms with van der Waals surface area (Å²) in [5.74, 6) is -0.812. The van der Waals surface area contributed by atoms with E-state index < -0.39 is 17.4 Å². The van der Waals surface area contributed by atoms with Gasteiger partial charge in [-0.25, -0.2) is 0 Å². The van der Waals surface area contributed by atoms with Crippen molar-refractivity contribution in [3.05, 3.63) is 0 Å². The maximum atomic E-state index is 11.7. The number of aliphatic carboxylic acids is 1. The lowest BCUT2D eigenvalue weighted by atomic mass is 9.75. The molecule has 5 nitrogen and oxygen atoms in total. The number of nitrogens with zero attached hydrogens (tertiary/aromatic N) is 1. The largest absolute Gasteiger partial charge is 0.481 e. The standard InChI is InChI=1S/C12H22N2O3/c1-3-4-12(11(16)17)5-7-14(8-6-12)10(15)9(2)13/h9H,3-8,13H2,1-2H3,(H,16,17). The molecule has 1 fully saturated rings. The molecule has 1 amide bonds. The third kappa shape index (κ3) is 2.97. The van der Waals surface area contributed by atoms with E-state index in [1.807, 2.05) is 6.92 Å². The van der Waals surface area contributed by atoms with Gasteiger partial charge in [0.1, 0.15) is 0 Å². The lowest BCUT2D eigenvalue weighted by Crippen LogP contribution is -2.50. The molecular weight excluding hydrogens is 220 g/mol. The zero-order valence-electron chi connectivity index (χ0n) is 10.6. The second kappa shape index (κ2) is 5.49. The summed E-state index contributed by atoms with van der Waals surface area (Å²) in [4.78, 5) is 24.7. The van der Waals surface area contributed by atoms with E-state index in [0.717, 1.165) is 6.42 Å². The molecule has 0 aromatic carbocycles. The van der Waals surface area contributed by atoms with Crippen LogP contribution in [0.25, 0.3) is 0 Å². The Labute approximate surface area is 102 Å². The highest BCUT2D eigenvalue weighted by atomic mass is 16.4. The van der Waals surface area contributed by atoms with E-state index in [9.17, 15) is 14.7 Å². The number of likely N-dealkylation sites (tertiary alicyclic amines) is 1. The highest BCUT2D eigenvalue weighted by Crippen LogP contribution is 2.36. The Morgan fingerprint density at radius 2 is 1.94 bits per heavy atom. The lowest BCUT2D eigenvalue weighted by Gasteiger charge is -2.39. The number of carbonyl (C=O) groups excluding carboxylic acids is 1. The van der Waals surface area contributed by atoms with Gasteiger partial charge < -0.3 is 15.7 Å². The van der Waals surface area contributed by atoms with Crippen LogP contribution < -0.4 is 5.73 Å². The molecule has 1 aliphatic heterocycles. The van der Waals surface area contributed by atoms with E-state index in [2.05, 4.69) is 0 Å². The molecule has 0 spiro atoms. The quantitative estimate of drug-likeness (QED) is 0.764. The third-order valence-corrected chi connectivity index (χ3v) is 3.60. The number of carboxylic acids is 1. The smallest absolute Gasteiger partial charge is 0.309 e. The Bertz CT molecular complexity index is 294. The molecule has 0 saturated carbocycles. The van der Waals surface area contributed by atoms with Crippen molar-refractivity contribution in [3.8, 4) is 0 Å². The van der Waals surface area contributed by atoms with E-state index in [0.29, 0.717) is 32.4 Å². The number of hydrogen-bond acceptors (Lipinski definition) is 3. The minimum atomic E-state index is -0.729. The number of hydrogen-bond donors (Lipinski definition) is 2. The summed E-state index contributed by atoms with van der Waals surface area (Å²) in [6.45, 7) is 4.66. The van der Waals surface area contributed by atoms with Gasteiger partial charge in [0, 0.05) is 13.1 Å². The zero-order chi connectivity index (χ0) is 13.1. The van der Waals surface area contributed by atoms with Crippen molar-refractivity contribution in [2.24, 2.45) is 11.1 Å². The van der Waals surface area contributed by atoms with Gasteiger partial charge in [0.05, 0.1) is 11.5 Å². The summed E-state index contributed by atoms with van der Waals surface area (Å²) in [6, 6.07) is -0.501. The summed E-state index contributed by atoms with van der Waals surface area (Å²) in [7, 11) is 0. The Balaban J connectivity index is 2.65. The fourth-order valence-electron chi connectivity index (χ4n) is 2.49. The first-order chi connectivity index (χ1) is 7.93. The van der Waals surface area contributed by atoms with Crippen molar-refractivity contribution in [2.75, 3.05) is 13.1 Å². The van der Waals surface area contributed by atoms with E-state index in [1.54, 1.807) is 11.8 Å². The van der Waals surface area contributed by atoms with E-state index >= 15 is 0 Å². The summed E-state index contributed by atoms with van der Waals surface area (Å²) in [6.07, 6.45) is 2.61. The van der Waals surface area contributed by atoms with Gasteiger partial charge in [0.15, 0.2) is 0 Å². The van der Waals surface area contributed by atoms with Crippen molar-refractivity contribution >= 4 is 11.9 Å². The predicted molar refractivity (Wildman–Crippen MR) is 64.4 cm³/mol. The molecule has 0 aromatic heterocycles. The first kappa shape index (κ1) is 14.0. The molecule has 5 heteroatoms. The average Bonchev–Trinajstić information content (AvgIpc) is 2.29. The molecule has 0 aliphatic carbocycles. The van der Waals surface area contributed by atoms with Crippen LogP contribution in [0, 0.1) is 5.41 Å².